The average Bonchev–Trinajstić information content (AvgIpc) is 2.42. The lowest BCUT2D eigenvalue weighted by atomic mass is 10.3. The van der Waals surface area contributed by atoms with E-state index >= 15 is 0 Å². The molecule has 16 heavy (non-hydrogen) atoms. The molecule has 0 aromatic heterocycles. The number of rotatable bonds is 2. The highest BCUT2D eigenvalue weighted by atomic mass is 16.2. The summed E-state index contributed by atoms with van der Waals surface area (Å²) in [4.78, 5) is 36.8. The lowest BCUT2D eigenvalue weighted by molar-refractivity contribution is -0.139. The number of carbonyl (C=O) groups is 3. The summed E-state index contributed by atoms with van der Waals surface area (Å²) >= 11 is 0. The molecule has 0 aromatic rings. The Morgan fingerprint density at radius 1 is 1.50 bits per heavy atom. The van der Waals surface area contributed by atoms with Crippen LogP contribution in [0.5, 0.6) is 0 Å². The smallest absolute Gasteiger partial charge is 0.242 e. The third-order valence-corrected chi connectivity index (χ3v) is 2.52. The van der Waals surface area contributed by atoms with E-state index in [-0.39, 0.29) is 30.8 Å². The van der Waals surface area contributed by atoms with E-state index in [2.05, 4.69) is 5.32 Å². The molecule has 0 unspecified atom stereocenters. The second-order valence-corrected chi connectivity index (χ2v) is 3.89. The molecule has 1 heterocycles. The van der Waals surface area contributed by atoms with Gasteiger partial charge in [0.15, 0.2) is 0 Å². The quantitative estimate of drug-likeness (QED) is 0.645. The second-order valence-electron chi connectivity index (χ2n) is 3.89. The minimum Gasteiger partial charge on any atom is -0.354 e. The third-order valence-electron chi connectivity index (χ3n) is 2.52. The standard InChI is InChI=1S/C10H17N3O3/c1-8(14)12(2)7-10(16)13-5-3-4-11-9(15)6-13/h3-7H2,1-2H3,(H,11,15). The Labute approximate surface area is 94.6 Å². The van der Waals surface area contributed by atoms with Gasteiger partial charge < -0.3 is 15.1 Å². The molecule has 0 aromatic carbocycles. The highest BCUT2D eigenvalue weighted by Crippen LogP contribution is 1.98. The fraction of sp³-hybridized carbons (Fsp3) is 0.700. The molecule has 0 atom stereocenters. The summed E-state index contributed by atoms with van der Waals surface area (Å²) in [5, 5.41) is 2.69. The van der Waals surface area contributed by atoms with Crippen molar-refractivity contribution in [1.82, 2.24) is 15.1 Å². The van der Waals surface area contributed by atoms with E-state index < -0.39 is 0 Å². The van der Waals surface area contributed by atoms with E-state index in [0.29, 0.717) is 13.1 Å². The first-order chi connectivity index (χ1) is 7.50. The van der Waals surface area contributed by atoms with Gasteiger partial charge in [-0.05, 0) is 6.42 Å². The zero-order valence-electron chi connectivity index (χ0n) is 9.65. The van der Waals surface area contributed by atoms with Crippen LogP contribution in [0.1, 0.15) is 13.3 Å². The van der Waals surface area contributed by atoms with Crippen LogP contribution in [0, 0.1) is 0 Å². The molecule has 0 spiro atoms. The van der Waals surface area contributed by atoms with E-state index in [0.717, 1.165) is 6.42 Å². The van der Waals surface area contributed by atoms with Crippen LogP contribution < -0.4 is 5.32 Å². The molecule has 0 radical (unpaired) electrons. The molecule has 1 saturated heterocycles. The van der Waals surface area contributed by atoms with Gasteiger partial charge >= 0.3 is 0 Å². The first-order valence-corrected chi connectivity index (χ1v) is 5.27. The predicted molar refractivity (Wildman–Crippen MR) is 57.5 cm³/mol. The van der Waals surface area contributed by atoms with Crippen molar-refractivity contribution >= 4 is 17.7 Å². The normalized spacial score (nSPS) is 16.4. The molecule has 0 saturated carbocycles. The molecule has 1 N–H and O–H groups in total. The van der Waals surface area contributed by atoms with Crippen molar-refractivity contribution in [3.63, 3.8) is 0 Å². The topological polar surface area (TPSA) is 69.7 Å². The van der Waals surface area contributed by atoms with Crippen LogP contribution in [0.4, 0.5) is 0 Å². The van der Waals surface area contributed by atoms with Gasteiger partial charge in [-0.25, -0.2) is 0 Å². The van der Waals surface area contributed by atoms with Gasteiger partial charge in [0.25, 0.3) is 0 Å². The Bertz CT molecular complexity index is 304. The summed E-state index contributed by atoms with van der Waals surface area (Å²) in [6.45, 7) is 2.68. The summed E-state index contributed by atoms with van der Waals surface area (Å²) in [7, 11) is 1.57. The highest BCUT2D eigenvalue weighted by molar-refractivity contribution is 5.88. The average molecular weight is 227 g/mol. The maximum absolute atomic E-state index is 11.8. The van der Waals surface area contributed by atoms with Crippen LogP contribution in [-0.4, -0.2) is 60.7 Å². The fourth-order valence-corrected chi connectivity index (χ4v) is 1.43. The molecule has 0 aliphatic carbocycles. The summed E-state index contributed by atoms with van der Waals surface area (Å²) in [6.07, 6.45) is 0.751. The van der Waals surface area contributed by atoms with Crippen LogP contribution >= 0.6 is 0 Å². The first-order valence-electron chi connectivity index (χ1n) is 5.27. The van der Waals surface area contributed by atoms with Gasteiger partial charge in [0.05, 0.1) is 13.1 Å². The molecular formula is C10H17N3O3. The SMILES string of the molecule is CC(=O)N(C)CC(=O)N1CCCNC(=O)C1. The van der Waals surface area contributed by atoms with Crippen LogP contribution in [0.15, 0.2) is 0 Å². The molecule has 1 fully saturated rings. The molecule has 6 heteroatoms. The summed E-state index contributed by atoms with van der Waals surface area (Å²) < 4.78 is 0. The summed E-state index contributed by atoms with van der Waals surface area (Å²) in [6, 6.07) is 0. The van der Waals surface area contributed by atoms with Crippen molar-refractivity contribution in [3.8, 4) is 0 Å². The van der Waals surface area contributed by atoms with Crippen LogP contribution in [0.2, 0.25) is 0 Å². The maximum atomic E-state index is 11.8. The fourth-order valence-electron chi connectivity index (χ4n) is 1.43. The molecule has 90 valence electrons. The van der Waals surface area contributed by atoms with Crippen molar-refractivity contribution in [2.45, 2.75) is 13.3 Å². The zero-order chi connectivity index (χ0) is 12.1. The maximum Gasteiger partial charge on any atom is 0.242 e. The van der Waals surface area contributed by atoms with Crippen molar-refractivity contribution in [3.05, 3.63) is 0 Å². The Morgan fingerprint density at radius 3 is 2.81 bits per heavy atom. The number of carbonyl (C=O) groups excluding carboxylic acids is 3. The summed E-state index contributed by atoms with van der Waals surface area (Å²) in [5.41, 5.74) is 0. The van der Waals surface area contributed by atoms with E-state index in [1.54, 1.807) is 7.05 Å². The van der Waals surface area contributed by atoms with Crippen molar-refractivity contribution < 1.29 is 14.4 Å². The monoisotopic (exact) mass is 227 g/mol. The molecule has 0 bridgehead atoms. The van der Waals surface area contributed by atoms with E-state index in [1.807, 2.05) is 0 Å². The number of likely N-dealkylation sites (N-methyl/N-ethyl adjacent to an activating group) is 1. The molecule has 3 amide bonds. The molecule has 1 aliphatic heterocycles. The van der Waals surface area contributed by atoms with Crippen molar-refractivity contribution in [2.24, 2.45) is 0 Å². The number of nitrogens with zero attached hydrogens (tertiary/aromatic N) is 2. The third kappa shape index (κ3) is 3.52. The molecule has 1 rings (SSSR count). The van der Waals surface area contributed by atoms with Gasteiger partial charge in [-0.1, -0.05) is 0 Å². The lowest BCUT2D eigenvalue weighted by Gasteiger charge is -2.22. The largest absolute Gasteiger partial charge is 0.354 e. The van der Waals surface area contributed by atoms with Gasteiger partial charge in [-0.2, -0.15) is 0 Å². The molecule has 6 nitrogen and oxygen atoms in total. The van der Waals surface area contributed by atoms with Crippen molar-refractivity contribution in [1.29, 1.82) is 0 Å². The van der Waals surface area contributed by atoms with E-state index in [9.17, 15) is 14.4 Å². The Kier molecular flexibility index (Phi) is 4.28. The molecule has 1 aliphatic rings. The highest BCUT2D eigenvalue weighted by Gasteiger charge is 2.21. The number of hydrogen-bond donors (Lipinski definition) is 1. The Hall–Kier alpha value is -1.59. The lowest BCUT2D eigenvalue weighted by Crippen LogP contribution is -2.43. The van der Waals surface area contributed by atoms with E-state index in [4.69, 9.17) is 0 Å². The van der Waals surface area contributed by atoms with Gasteiger partial charge in [-0.15, -0.1) is 0 Å². The van der Waals surface area contributed by atoms with Gasteiger partial charge in [0.1, 0.15) is 0 Å². The minimum atomic E-state index is -0.185. The van der Waals surface area contributed by atoms with Crippen LogP contribution in [-0.2, 0) is 14.4 Å². The van der Waals surface area contributed by atoms with Gasteiger partial charge in [0, 0.05) is 27.1 Å². The van der Waals surface area contributed by atoms with Gasteiger partial charge in [0.2, 0.25) is 17.7 Å². The van der Waals surface area contributed by atoms with Crippen LogP contribution in [0.3, 0.4) is 0 Å². The summed E-state index contributed by atoms with van der Waals surface area (Å²) in [5.74, 6) is -0.487. The Balaban J connectivity index is 2.52. The van der Waals surface area contributed by atoms with E-state index in [1.165, 1.54) is 16.7 Å². The number of amides is 3. The van der Waals surface area contributed by atoms with Gasteiger partial charge in [-0.3, -0.25) is 14.4 Å². The predicted octanol–water partition coefficient (Wildman–Crippen LogP) is -1.19. The minimum absolute atomic E-state index is 0.0304. The van der Waals surface area contributed by atoms with Crippen molar-refractivity contribution in [2.75, 3.05) is 33.2 Å². The molecular weight excluding hydrogens is 210 g/mol. The Morgan fingerprint density at radius 2 is 2.19 bits per heavy atom. The first kappa shape index (κ1) is 12.5. The second kappa shape index (κ2) is 5.48. The number of nitrogens with one attached hydrogen (secondary N) is 1. The number of hydrogen-bond acceptors (Lipinski definition) is 3. The zero-order valence-corrected chi connectivity index (χ0v) is 9.65. The van der Waals surface area contributed by atoms with Crippen LogP contribution in [0.25, 0.3) is 0 Å².